The Bertz CT molecular complexity index is 515. The van der Waals surface area contributed by atoms with Gasteiger partial charge in [0, 0.05) is 18.9 Å². The standard InChI is InChI=1S/C13H14N2O3/c1-9(2)5-12(16)7-10-3-4-13(15(17)18)11(6-10)8-14/h3-4,6,9H,5,7H2,1-2H3. The highest BCUT2D eigenvalue weighted by molar-refractivity contribution is 5.81. The van der Waals surface area contributed by atoms with Crippen LogP contribution in [-0.2, 0) is 11.2 Å². The van der Waals surface area contributed by atoms with Crippen LogP contribution in [0.3, 0.4) is 0 Å². The van der Waals surface area contributed by atoms with Crippen molar-refractivity contribution in [1.29, 1.82) is 5.26 Å². The van der Waals surface area contributed by atoms with E-state index in [9.17, 15) is 14.9 Å². The highest BCUT2D eigenvalue weighted by Gasteiger charge is 2.15. The van der Waals surface area contributed by atoms with Gasteiger partial charge in [0.25, 0.3) is 5.69 Å². The zero-order valence-electron chi connectivity index (χ0n) is 10.3. The Morgan fingerprint density at radius 1 is 1.50 bits per heavy atom. The van der Waals surface area contributed by atoms with Gasteiger partial charge in [0.2, 0.25) is 0 Å². The van der Waals surface area contributed by atoms with E-state index in [4.69, 9.17) is 5.26 Å². The van der Waals surface area contributed by atoms with Crippen LogP contribution in [0.5, 0.6) is 0 Å². The van der Waals surface area contributed by atoms with Crippen LogP contribution in [0.4, 0.5) is 5.69 Å². The number of carbonyl (C=O) groups is 1. The first-order valence-corrected chi connectivity index (χ1v) is 5.63. The number of ketones is 1. The summed E-state index contributed by atoms with van der Waals surface area (Å²) in [7, 11) is 0. The maximum atomic E-state index is 11.6. The number of benzene rings is 1. The number of rotatable bonds is 5. The molecule has 5 heteroatoms. The quantitative estimate of drug-likeness (QED) is 0.590. The molecular weight excluding hydrogens is 232 g/mol. The first-order valence-electron chi connectivity index (χ1n) is 5.63. The zero-order chi connectivity index (χ0) is 13.7. The third kappa shape index (κ3) is 3.67. The SMILES string of the molecule is CC(C)CC(=O)Cc1ccc([N+](=O)[O-])c(C#N)c1. The van der Waals surface area contributed by atoms with E-state index in [1.165, 1.54) is 18.2 Å². The first-order chi connectivity index (χ1) is 8.43. The van der Waals surface area contributed by atoms with Gasteiger partial charge in [-0.1, -0.05) is 19.9 Å². The topological polar surface area (TPSA) is 84.0 Å². The van der Waals surface area contributed by atoms with Crippen molar-refractivity contribution in [3.63, 3.8) is 0 Å². The fourth-order valence-electron chi connectivity index (χ4n) is 1.70. The third-order valence-corrected chi connectivity index (χ3v) is 2.42. The van der Waals surface area contributed by atoms with Gasteiger partial charge in [-0.15, -0.1) is 0 Å². The van der Waals surface area contributed by atoms with Gasteiger partial charge in [-0.05, 0) is 17.5 Å². The summed E-state index contributed by atoms with van der Waals surface area (Å²) in [5.41, 5.74) is 0.412. The third-order valence-electron chi connectivity index (χ3n) is 2.42. The second-order valence-electron chi connectivity index (χ2n) is 4.53. The summed E-state index contributed by atoms with van der Waals surface area (Å²) < 4.78 is 0. The van der Waals surface area contributed by atoms with Gasteiger partial charge >= 0.3 is 0 Å². The van der Waals surface area contributed by atoms with Gasteiger partial charge in [0.1, 0.15) is 17.4 Å². The summed E-state index contributed by atoms with van der Waals surface area (Å²) >= 11 is 0. The molecule has 0 heterocycles. The number of nitro benzene ring substituents is 1. The summed E-state index contributed by atoms with van der Waals surface area (Å²) in [5.74, 6) is 0.355. The molecule has 1 aromatic carbocycles. The Labute approximate surface area is 105 Å². The molecule has 0 saturated heterocycles. The molecule has 1 aromatic rings. The lowest BCUT2D eigenvalue weighted by Gasteiger charge is -2.04. The number of Topliss-reactive ketones (excluding diaryl/α,β-unsaturated/α-hetero) is 1. The molecule has 0 amide bonds. The normalized spacial score (nSPS) is 10.1. The highest BCUT2D eigenvalue weighted by atomic mass is 16.6. The molecule has 0 radical (unpaired) electrons. The molecule has 1 rings (SSSR count). The molecule has 5 nitrogen and oxygen atoms in total. The van der Waals surface area contributed by atoms with E-state index >= 15 is 0 Å². The molecule has 0 saturated carbocycles. The number of hydrogen-bond donors (Lipinski definition) is 0. The number of hydrogen-bond acceptors (Lipinski definition) is 4. The second kappa shape index (κ2) is 5.92. The fourth-order valence-corrected chi connectivity index (χ4v) is 1.70. The van der Waals surface area contributed by atoms with Crippen molar-refractivity contribution in [3.05, 3.63) is 39.4 Å². The van der Waals surface area contributed by atoms with Gasteiger partial charge in [-0.25, -0.2) is 0 Å². The van der Waals surface area contributed by atoms with Crippen LogP contribution in [-0.4, -0.2) is 10.7 Å². The molecular formula is C13H14N2O3. The number of nitro groups is 1. The minimum Gasteiger partial charge on any atom is -0.299 e. The molecule has 0 aliphatic carbocycles. The van der Waals surface area contributed by atoms with Crippen LogP contribution in [0.25, 0.3) is 0 Å². The van der Waals surface area contributed by atoms with Gasteiger partial charge in [-0.3, -0.25) is 14.9 Å². The van der Waals surface area contributed by atoms with Crippen LogP contribution in [0.2, 0.25) is 0 Å². The minimum atomic E-state index is -0.599. The smallest absolute Gasteiger partial charge is 0.287 e. The van der Waals surface area contributed by atoms with Crippen molar-refractivity contribution < 1.29 is 9.72 Å². The van der Waals surface area contributed by atoms with E-state index in [0.29, 0.717) is 12.0 Å². The Morgan fingerprint density at radius 2 is 2.17 bits per heavy atom. The van der Waals surface area contributed by atoms with E-state index in [2.05, 4.69) is 0 Å². The van der Waals surface area contributed by atoms with E-state index in [-0.39, 0.29) is 29.4 Å². The summed E-state index contributed by atoms with van der Waals surface area (Å²) in [6.07, 6.45) is 0.684. The molecule has 18 heavy (non-hydrogen) atoms. The molecule has 0 unspecified atom stereocenters. The highest BCUT2D eigenvalue weighted by Crippen LogP contribution is 2.19. The fraction of sp³-hybridized carbons (Fsp3) is 0.385. The number of nitriles is 1. The van der Waals surface area contributed by atoms with Crippen molar-refractivity contribution in [2.45, 2.75) is 26.7 Å². The summed E-state index contributed by atoms with van der Waals surface area (Å²) in [6.45, 7) is 3.91. The van der Waals surface area contributed by atoms with Crippen LogP contribution >= 0.6 is 0 Å². The maximum absolute atomic E-state index is 11.6. The first kappa shape index (κ1) is 13.8. The average Bonchev–Trinajstić information content (AvgIpc) is 2.27. The number of carbonyl (C=O) groups excluding carboxylic acids is 1. The lowest BCUT2D eigenvalue weighted by Crippen LogP contribution is -2.06. The molecule has 0 fully saturated rings. The van der Waals surface area contributed by atoms with Crippen LogP contribution in [0.1, 0.15) is 31.4 Å². The summed E-state index contributed by atoms with van der Waals surface area (Å²) in [4.78, 5) is 21.7. The van der Waals surface area contributed by atoms with Gasteiger partial charge in [0.15, 0.2) is 0 Å². The maximum Gasteiger partial charge on any atom is 0.287 e. The lowest BCUT2D eigenvalue weighted by molar-refractivity contribution is -0.385. The zero-order valence-corrected chi connectivity index (χ0v) is 10.3. The van der Waals surface area contributed by atoms with Gasteiger partial charge < -0.3 is 0 Å². The Balaban J connectivity index is 2.90. The second-order valence-corrected chi connectivity index (χ2v) is 4.53. The van der Waals surface area contributed by atoms with Gasteiger partial charge in [0.05, 0.1) is 4.92 Å². The van der Waals surface area contributed by atoms with Crippen LogP contribution in [0.15, 0.2) is 18.2 Å². The molecule has 0 atom stereocenters. The van der Waals surface area contributed by atoms with E-state index in [0.717, 1.165) is 0 Å². The van der Waals surface area contributed by atoms with Crippen molar-refractivity contribution in [2.24, 2.45) is 5.92 Å². The van der Waals surface area contributed by atoms with Crippen molar-refractivity contribution >= 4 is 11.5 Å². The van der Waals surface area contributed by atoms with Crippen molar-refractivity contribution in [3.8, 4) is 6.07 Å². The molecule has 0 spiro atoms. The lowest BCUT2D eigenvalue weighted by atomic mass is 9.99. The molecule has 0 aliphatic rings. The molecule has 0 bridgehead atoms. The average molecular weight is 246 g/mol. The van der Waals surface area contributed by atoms with Crippen molar-refractivity contribution in [2.75, 3.05) is 0 Å². The van der Waals surface area contributed by atoms with Crippen LogP contribution < -0.4 is 0 Å². The van der Waals surface area contributed by atoms with E-state index < -0.39 is 4.92 Å². The predicted octanol–water partition coefficient (Wildman–Crippen LogP) is 2.62. The molecule has 94 valence electrons. The van der Waals surface area contributed by atoms with Gasteiger partial charge in [-0.2, -0.15) is 5.26 Å². The Kier molecular flexibility index (Phi) is 4.55. The summed E-state index contributed by atoms with van der Waals surface area (Å²) in [5, 5.41) is 19.5. The number of nitrogens with zero attached hydrogens (tertiary/aromatic N) is 2. The monoisotopic (exact) mass is 246 g/mol. The molecule has 0 aliphatic heterocycles. The Morgan fingerprint density at radius 3 is 2.67 bits per heavy atom. The summed E-state index contributed by atoms with van der Waals surface area (Å²) in [6, 6.07) is 5.99. The largest absolute Gasteiger partial charge is 0.299 e. The Hall–Kier alpha value is -2.22. The van der Waals surface area contributed by atoms with Crippen LogP contribution in [0, 0.1) is 27.4 Å². The van der Waals surface area contributed by atoms with E-state index in [1.807, 2.05) is 13.8 Å². The van der Waals surface area contributed by atoms with Crippen molar-refractivity contribution in [1.82, 2.24) is 0 Å². The molecule has 0 N–H and O–H groups in total. The predicted molar refractivity (Wildman–Crippen MR) is 66.0 cm³/mol. The molecule has 0 aromatic heterocycles. The minimum absolute atomic E-state index is 0.00477. The van der Waals surface area contributed by atoms with E-state index in [1.54, 1.807) is 6.07 Å².